The van der Waals surface area contributed by atoms with Gasteiger partial charge in [0.2, 0.25) is 0 Å². The number of thiazole rings is 1. The van der Waals surface area contributed by atoms with Crippen molar-refractivity contribution < 1.29 is 0 Å². The molecule has 0 unspecified atom stereocenters. The molecule has 1 aromatic carbocycles. The topological polar surface area (TPSA) is 49.3 Å². The molecule has 6 heteroatoms. The third kappa shape index (κ3) is 5.41. The van der Waals surface area contributed by atoms with Gasteiger partial charge in [0.05, 0.1) is 18.8 Å². The predicted octanol–water partition coefficient (Wildman–Crippen LogP) is 4.12. The van der Waals surface area contributed by atoms with Crippen LogP contribution in [0.15, 0.2) is 23.2 Å². The minimum absolute atomic E-state index is 0. The van der Waals surface area contributed by atoms with E-state index < -0.39 is 0 Å². The molecule has 0 atom stereocenters. The van der Waals surface area contributed by atoms with Crippen LogP contribution in [0.5, 0.6) is 0 Å². The van der Waals surface area contributed by atoms with Gasteiger partial charge in [0.25, 0.3) is 0 Å². The maximum Gasteiger partial charge on any atom is 0.191 e. The minimum Gasteiger partial charge on any atom is -0.357 e. The number of nitrogens with one attached hydrogen (secondary N) is 2. The molecule has 0 spiro atoms. The van der Waals surface area contributed by atoms with Gasteiger partial charge in [0.1, 0.15) is 5.01 Å². The number of benzene rings is 1. The highest BCUT2D eigenvalue weighted by Crippen LogP contribution is 2.23. The van der Waals surface area contributed by atoms with E-state index in [1.807, 2.05) is 0 Å². The molecule has 2 N–H and O–H groups in total. The van der Waals surface area contributed by atoms with Crippen LogP contribution in [0.2, 0.25) is 0 Å². The van der Waals surface area contributed by atoms with Gasteiger partial charge in [-0.1, -0.05) is 18.2 Å². The number of aromatic nitrogens is 1. The van der Waals surface area contributed by atoms with Crippen LogP contribution in [-0.2, 0) is 25.9 Å². The Balaban J connectivity index is 0.00000225. The highest BCUT2D eigenvalue weighted by molar-refractivity contribution is 14.0. The minimum atomic E-state index is 0. The molecule has 136 valence electrons. The highest BCUT2D eigenvalue weighted by atomic mass is 127. The molecular formula is C19H27IN4S. The molecule has 1 aliphatic carbocycles. The van der Waals surface area contributed by atoms with Gasteiger partial charge in [0.15, 0.2) is 5.96 Å². The zero-order chi connectivity index (χ0) is 16.9. The van der Waals surface area contributed by atoms with E-state index in [0.717, 1.165) is 29.8 Å². The van der Waals surface area contributed by atoms with Gasteiger partial charge in [-0.15, -0.1) is 35.3 Å². The fourth-order valence-corrected chi connectivity index (χ4v) is 3.88. The first-order chi connectivity index (χ1) is 11.7. The van der Waals surface area contributed by atoms with Gasteiger partial charge in [0, 0.05) is 11.4 Å². The summed E-state index contributed by atoms with van der Waals surface area (Å²) in [5, 5.41) is 7.80. The molecule has 0 amide bonds. The van der Waals surface area contributed by atoms with E-state index in [-0.39, 0.29) is 24.0 Å². The average Bonchev–Trinajstić information content (AvgIpc) is 3.16. The first-order valence-corrected chi connectivity index (χ1v) is 9.53. The first-order valence-electron chi connectivity index (χ1n) is 8.71. The summed E-state index contributed by atoms with van der Waals surface area (Å²) in [7, 11) is 0. The molecule has 0 saturated carbocycles. The van der Waals surface area contributed by atoms with Gasteiger partial charge in [-0.3, -0.25) is 0 Å². The van der Waals surface area contributed by atoms with Crippen molar-refractivity contribution in [3.63, 3.8) is 0 Å². The highest BCUT2D eigenvalue weighted by Gasteiger charge is 2.10. The van der Waals surface area contributed by atoms with E-state index in [1.54, 1.807) is 11.3 Å². The lowest BCUT2D eigenvalue weighted by molar-refractivity contribution is 0.809. The second-order valence-electron chi connectivity index (χ2n) is 6.25. The third-order valence-electron chi connectivity index (χ3n) is 4.41. The summed E-state index contributed by atoms with van der Waals surface area (Å²) in [6.45, 7) is 8.54. The standard InChI is InChI=1S/C19H26N4S.HI/c1-4-20-19(22-12-18-23-13(2)14(3)24-18)21-11-15-8-9-16-6-5-7-17(16)10-15;/h8-10H,4-7,11-12H2,1-3H3,(H2,20,21,22);1H. The number of aryl methyl sites for hydroxylation is 4. The summed E-state index contributed by atoms with van der Waals surface area (Å²) in [4.78, 5) is 10.6. The second kappa shape index (κ2) is 9.52. The van der Waals surface area contributed by atoms with E-state index in [2.05, 4.69) is 54.6 Å². The summed E-state index contributed by atoms with van der Waals surface area (Å²) >= 11 is 1.75. The second-order valence-corrected chi connectivity index (χ2v) is 7.54. The number of hydrogen-bond acceptors (Lipinski definition) is 3. The molecule has 0 aliphatic heterocycles. The van der Waals surface area contributed by atoms with Crippen LogP contribution in [0.1, 0.15) is 45.6 Å². The van der Waals surface area contributed by atoms with Gasteiger partial charge in [-0.2, -0.15) is 0 Å². The van der Waals surface area contributed by atoms with Gasteiger partial charge in [-0.05, 0) is 56.7 Å². The molecule has 1 aliphatic rings. The van der Waals surface area contributed by atoms with E-state index in [1.165, 1.54) is 40.8 Å². The Labute approximate surface area is 171 Å². The van der Waals surface area contributed by atoms with Crippen molar-refractivity contribution in [1.29, 1.82) is 0 Å². The van der Waals surface area contributed by atoms with E-state index in [0.29, 0.717) is 6.54 Å². The molecule has 0 saturated heterocycles. The van der Waals surface area contributed by atoms with Crippen LogP contribution >= 0.6 is 35.3 Å². The van der Waals surface area contributed by atoms with E-state index in [4.69, 9.17) is 4.99 Å². The molecule has 2 aromatic rings. The molecule has 4 nitrogen and oxygen atoms in total. The Hall–Kier alpha value is -1.15. The number of nitrogens with zero attached hydrogens (tertiary/aromatic N) is 2. The SMILES string of the molecule is CCNC(=NCc1ccc2c(c1)CCC2)NCc1nc(C)c(C)s1.I. The van der Waals surface area contributed by atoms with Gasteiger partial charge >= 0.3 is 0 Å². The molecule has 1 aromatic heterocycles. The quantitative estimate of drug-likeness (QED) is 0.393. The first kappa shape index (κ1) is 20.2. The Morgan fingerprint density at radius 3 is 2.72 bits per heavy atom. The van der Waals surface area contributed by atoms with Crippen LogP contribution in [0.4, 0.5) is 0 Å². The Morgan fingerprint density at radius 2 is 2.00 bits per heavy atom. The van der Waals surface area contributed by atoms with Crippen LogP contribution in [0.3, 0.4) is 0 Å². The lowest BCUT2D eigenvalue weighted by Crippen LogP contribution is -2.36. The lowest BCUT2D eigenvalue weighted by Gasteiger charge is -2.10. The smallest absolute Gasteiger partial charge is 0.191 e. The monoisotopic (exact) mass is 470 g/mol. The number of hydrogen-bond donors (Lipinski definition) is 2. The van der Waals surface area contributed by atoms with Crippen molar-refractivity contribution in [3.8, 4) is 0 Å². The number of rotatable bonds is 5. The molecule has 1 heterocycles. The lowest BCUT2D eigenvalue weighted by atomic mass is 10.1. The summed E-state index contributed by atoms with van der Waals surface area (Å²) in [5.74, 6) is 0.850. The maximum absolute atomic E-state index is 4.72. The predicted molar refractivity (Wildman–Crippen MR) is 117 cm³/mol. The molecular weight excluding hydrogens is 443 g/mol. The summed E-state index contributed by atoms with van der Waals surface area (Å²) < 4.78 is 0. The maximum atomic E-state index is 4.72. The fraction of sp³-hybridized carbons (Fsp3) is 0.474. The third-order valence-corrected chi connectivity index (χ3v) is 5.48. The number of aliphatic imine (C=N–C) groups is 1. The van der Waals surface area contributed by atoms with E-state index in [9.17, 15) is 0 Å². The van der Waals surface area contributed by atoms with Crippen LogP contribution in [0.25, 0.3) is 0 Å². The molecule has 25 heavy (non-hydrogen) atoms. The Morgan fingerprint density at radius 1 is 1.20 bits per heavy atom. The van der Waals surface area contributed by atoms with Crippen LogP contribution in [0, 0.1) is 13.8 Å². The number of halogens is 1. The molecule has 3 rings (SSSR count). The van der Waals surface area contributed by atoms with Crippen molar-refractivity contribution in [2.45, 2.75) is 53.1 Å². The fourth-order valence-electron chi connectivity index (χ4n) is 3.01. The molecule has 0 bridgehead atoms. The van der Waals surface area contributed by atoms with Crippen molar-refractivity contribution >= 4 is 41.3 Å². The normalized spacial score (nSPS) is 13.3. The van der Waals surface area contributed by atoms with Gasteiger partial charge < -0.3 is 10.6 Å². The summed E-state index contributed by atoms with van der Waals surface area (Å²) in [6, 6.07) is 6.81. The zero-order valence-corrected chi connectivity index (χ0v) is 18.3. The Bertz CT molecular complexity index is 720. The van der Waals surface area contributed by atoms with Crippen molar-refractivity contribution in [1.82, 2.24) is 15.6 Å². The average molecular weight is 470 g/mol. The summed E-state index contributed by atoms with van der Waals surface area (Å²) in [6.07, 6.45) is 3.74. The largest absolute Gasteiger partial charge is 0.357 e. The van der Waals surface area contributed by atoms with Crippen LogP contribution in [-0.4, -0.2) is 17.5 Å². The Kier molecular flexibility index (Phi) is 7.68. The summed E-state index contributed by atoms with van der Waals surface area (Å²) in [5.41, 5.74) is 5.43. The van der Waals surface area contributed by atoms with E-state index >= 15 is 0 Å². The molecule has 0 fully saturated rings. The van der Waals surface area contributed by atoms with Crippen molar-refractivity contribution in [3.05, 3.63) is 50.5 Å². The molecule has 0 radical (unpaired) electrons. The van der Waals surface area contributed by atoms with Crippen LogP contribution < -0.4 is 10.6 Å². The number of fused-ring (bicyclic) bond motifs is 1. The van der Waals surface area contributed by atoms with Gasteiger partial charge in [-0.25, -0.2) is 9.98 Å². The zero-order valence-electron chi connectivity index (χ0n) is 15.2. The van der Waals surface area contributed by atoms with Crippen molar-refractivity contribution in [2.75, 3.05) is 6.54 Å². The van der Waals surface area contributed by atoms with Crippen molar-refractivity contribution in [2.24, 2.45) is 4.99 Å². The number of guanidine groups is 1.